The number of methoxy groups -OCH3 is 1. The number of para-hydroxylation sites is 2. The third kappa shape index (κ3) is 4.49. The third-order valence-corrected chi connectivity index (χ3v) is 4.68. The lowest BCUT2D eigenvalue weighted by Gasteiger charge is -2.38. The van der Waals surface area contributed by atoms with Gasteiger partial charge in [-0.1, -0.05) is 12.1 Å². The van der Waals surface area contributed by atoms with Crippen LogP contribution in [0, 0.1) is 5.41 Å². The van der Waals surface area contributed by atoms with E-state index in [0.29, 0.717) is 44.0 Å². The summed E-state index contributed by atoms with van der Waals surface area (Å²) in [5.74, 6) is 0.239. The Labute approximate surface area is 148 Å². The van der Waals surface area contributed by atoms with Crippen molar-refractivity contribution in [3.8, 4) is 5.75 Å². The van der Waals surface area contributed by atoms with Crippen molar-refractivity contribution in [2.24, 2.45) is 11.1 Å². The third-order valence-electron chi connectivity index (χ3n) is 4.68. The number of carbonyl (C=O) groups is 2. The molecule has 0 radical (unpaired) electrons. The Bertz CT molecular complexity index is 600. The van der Waals surface area contributed by atoms with E-state index in [9.17, 15) is 9.59 Å². The maximum Gasteiger partial charge on any atom is 0.244 e. The van der Waals surface area contributed by atoms with Crippen molar-refractivity contribution >= 4 is 17.5 Å². The quantitative estimate of drug-likeness (QED) is 0.772. The molecule has 0 saturated carbocycles. The van der Waals surface area contributed by atoms with Crippen LogP contribution in [-0.4, -0.2) is 56.7 Å². The zero-order valence-corrected chi connectivity index (χ0v) is 14.9. The fraction of sp³-hybridized carbons (Fsp3) is 0.556. The number of rotatable bonds is 7. The summed E-state index contributed by atoms with van der Waals surface area (Å²) in [6, 6.07) is 7.16. The van der Waals surface area contributed by atoms with E-state index in [1.807, 2.05) is 19.1 Å². The normalized spacial score (nSPS) is 16.1. The molecule has 0 unspecified atom stereocenters. The summed E-state index contributed by atoms with van der Waals surface area (Å²) in [7, 11) is 1.54. The standard InChI is InChI=1S/C18H27N3O4/c1-3-21(17(23)18(13-19)8-10-25-11-9-18)12-16(22)20-14-6-4-5-7-15(14)24-2/h4-7H,3,8-13,19H2,1-2H3,(H,20,22). The number of nitrogens with one attached hydrogen (secondary N) is 1. The summed E-state index contributed by atoms with van der Waals surface area (Å²) in [5.41, 5.74) is 5.86. The van der Waals surface area contributed by atoms with Crippen LogP contribution in [0.5, 0.6) is 5.75 Å². The van der Waals surface area contributed by atoms with Gasteiger partial charge < -0.3 is 25.4 Å². The number of benzene rings is 1. The number of nitrogens with zero attached hydrogens (tertiary/aromatic N) is 1. The number of carbonyl (C=O) groups excluding carboxylic acids is 2. The molecule has 1 aromatic rings. The molecule has 0 spiro atoms. The van der Waals surface area contributed by atoms with Crippen LogP contribution in [0.4, 0.5) is 5.69 Å². The van der Waals surface area contributed by atoms with Crippen molar-refractivity contribution < 1.29 is 19.1 Å². The monoisotopic (exact) mass is 349 g/mol. The van der Waals surface area contributed by atoms with Crippen molar-refractivity contribution in [1.82, 2.24) is 4.90 Å². The van der Waals surface area contributed by atoms with E-state index >= 15 is 0 Å². The van der Waals surface area contributed by atoms with E-state index in [1.54, 1.807) is 24.1 Å². The van der Waals surface area contributed by atoms with E-state index in [1.165, 1.54) is 0 Å². The van der Waals surface area contributed by atoms with Gasteiger partial charge in [0.15, 0.2) is 0 Å². The molecular formula is C18H27N3O4. The predicted octanol–water partition coefficient (Wildman–Crippen LogP) is 1.24. The molecule has 1 saturated heterocycles. The number of nitrogens with two attached hydrogens (primary N) is 1. The molecule has 1 fully saturated rings. The Kier molecular flexibility index (Phi) is 6.78. The molecule has 2 rings (SSSR count). The Hall–Kier alpha value is -2.12. The maximum atomic E-state index is 13.0. The van der Waals surface area contributed by atoms with Crippen LogP contribution in [0.15, 0.2) is 24.3 Å². The van der Waals surface area contributed by atoms with Gasteiger partial charge in [0.2, 0.25) is 11.8 Å². The molecular weight excluding hydrogens is 322 g/mol. The SMILES string of the molecule is CCN(CC(=O)Nc1ccccc1OC)C(=O)C1(CN)CCOCC1. The first-order chi connectivity index (χ1) is 12.1. The minimum Gasteiger partial charge on any atom is -0.495 e. The molecule has 138 valence electrons. The lowest BCUT2D eigenvalue weighted by Crippen LogP contribution is -2.52. The molecule has 0 aromatic heterocycles. The van der Waals surface area contributed by atoms with Crippen LogP contribution < -0.4 is 15.8 Å². The second-order valence-corrected chi connectivity index (χ2v) is 6.16. The van der Waals surface area contributed by atoms with Crippen molar-refractivity contribution in [3.63, 3.8) is 0 Å². The Balaban J connectivity index is 2.05. The van der Waals surface area contributed by atoms with Gasteiger partial charge in [-0.05, 0) is 31.9 Å². The van der Waals surface area contributed by atoms with E-state index in [4.69, 9.17) is 15.2 Å². The van der Waals surface area contributed by atoms with Gasteiger partial charge in [-0.25, -0.2) is 0 Å². The van der Waals surface area contributed by atoms with Gasteiger partial charge in [0.1, 0.15) is 5.75 Å². The van der Waals surface area contributed by atoms with Gasteiger partial charge in [-0.15, -0.1) is 0 Å². The van der Waals surface area contributed by atoms with Crippen LogP contribution in [0.25, 0.3) is 0 Å². The van der Waals surface area contributed by atoms with Gasteiger partial charge in [0.25, 0.3) is 0 Å². The smallest absolute Gasteiger partial charge is 0.244 e. The van der Waals surface area contributed by atoms with Crippen LogP contribution in [0.3, 0.4) is 0 Å². The van der Waals surface area contributed by atoms with E-state index < -0.39 is 5.41 Å². The Morgan fingerprint density at radius 1 is 1.32 bits per heavy atom. The summed E-state index contributed by atoms with van der Waals surface area (Å²) in [6.07, 6.45) is 1.18. The highest BCUT2D eigenvalue weighted by Crippen LogP contribution is 2.31. The van der Waals surface area contributed by atoms with E-state index in [0.717, 1.165) is 0 Å². The summed E-state index contributed by atoms with van der Waals surface area (Å²) >= 11 is 0. The first-order valence-electron chi connectivity index (χ1n) is 8.56. The van der Waals surface area contributed by atoms with Crippen molar-refractivity contribution in [1.29, 1.82) is 0 Å². The van der Waals surface area contributed by atoms with Gasteiger partial charge in [-0.2, -0.15) is 0 Å². The number of hydrogen-bond donors (Lipinski definition) is 2. The first-order valence-corrected chi connectivity index (χ1v) is 8.56. The summed E-state index contributed by atoms with van der Waals surface area (Å²) in [4.78, 5) is 27.0. The lowest BCUT2D eigenvalue weighted by atomic mass is 9.79. The van der Waals surface area contributed by atoms with Crippen LogP contribution in [0.1, 0.15) is 19.8 Å². The second kappa shape index (κ2) is 8.82. The number of ether oxygens (including phenoxy) is 2. The largest absolute Gasteiger partial charge is 0.495 e. The number of anilines is 1. The average molecular weight is 349 g/mol. The summed E-state index contributed by atoms with van der Waals surface area (Å²) in [5, 5.41) is 2.80. The predicted molar refractivity (Wildman–Crippen MR) is 95.4 cm³/mol. The zero-order valence-electron chi connectivity index (χ0n) is 14.9. The number of hydrogen-bond acceptors (Lipinski definition) is 5. The minimum absolute atomic E-state index is 0.0179. The molecule has 0 atom stereocenters. The topological polar surface area (TPSA) is 93.9 Å². The fourth-order valence-corrected chi connectivity index (χ4v) is 3.04. The zero-order chi connectivity index (χ0) is 18.3. The van der Waals surface area contributed by atoms with Gasteiger partial charge in [0, 0.05) is 26.3 Å². The lowest BCUT2D eigenvalue weighted by molar-refractivity contribution is -0.148. The van der Waals surface area contributed by atoms with Gasteiger partial charge in [-0.3, -0.25) is 9.59 Å². The molecule has 1 aromatic carbocycles. The first kappa shape index (κ1) is 19.2. The molecule has 0 bridgehead atoms. The van der Waals surface area contributed by atoms with E-state index in [-0.39, 0.29) is 24.9 Å². The molecule has 1 aliphatic heterocycles. The molecule has 3 N–H and O–H groups in total. The fourth-order valence-electron chi connectivity index (χ4n) is 3.04. The van der Waals surface area contributed by atoms with Gasteiger partial charge in [0.05, 0.1) is 24.8 Å². The summed E-state index contributed by atoms with van der Waals surface area (Å²) in [6.45, 7) is 3.59. The Morgan fingerprint density at radius 3 is 2.60 bits per heavy atom. The van der Waals surface area contributed by atoms with Crippen molar-refractivity contribution in [2.45, 2.75) is 19.8 Å². The second-order valence-electron chi connectivity index (χ2n) is 6.16. The number of amides is 2. The van der Waals surface area contributed by atoms with Crippen molar-refractivity contribution in [2.75, 3.05) is 45.3 Å². The van der Waals surface area contributed by atoms with E-state index in [2.05, 4.69) is 5.32 Å². The summed E-state index contributed by atoms with van der Waals surface area (Å²) < 4.78 is 10.6. The highest BCUT2D eigenvalue weighted by molar-refractivity contribution is 5.96. The van der Waals surface area contributed by atoms with Crippen LogP contribution in [-0.2, 0) is 14.3 Å². The number of likely N-dealkylation sites (N-methyl/N-ethyl adjacent to an activating group) is 1. The average Bonchev–Trinajstić information content (AvgIpc) is 2.66. The molecule has 0 aliphatic carbocycles. The van der Waals surface area contributed by atoms with Gasteiger partial charge >= 0.3 is 0 Å². The molecule has 7 heteroatoms. The minimum atomic E-state index is -0.626. The highest BCUT2D eigenvalue weighted by atomic mass is 16.5. The maximum absolute atomic E-state index is 13.0. The molecule has 7 nitrogen and oxygen atoms in total. The van der Waals surface area contributed by atoms with Crippen LogP contribution in [0.2, 0.25) is 0 Å². The highest BCUT2D eigenvalue weighted by Gasteiger charge is 2.41. The molecule has 1 heterocycles. The Morgan fingerprint density at radius 2 is 2.00 bits per heavy atom. The van der Waals surface area contributed by atoms with Crippen molar-refractivity contribution in [3.05, 3.63) is 24.3 Å². The molecule has 2 amide bonds. The molecule has 25 heavy (non-hydrogen) atoms. The molecule has 1 aliphatic rings. The van der Waals surface area contributed by atoms with Crippen LogP contribution >= 0.6 is 0 Å².